The highest BCUT2D eigenvalue weighted by Gasteiger charge is 2.03. The van der Waals surface area contributed by atoms with E-state index >= 15 is 0 Å². The topological polar surface area (TPSA) is 12.5 Å². The Hall–Kier alpha value is -2.50. The molecule has 0 aliphatic carbocycles. The number of nitrogens with zero attached hydrogens (tertiary/aromatic N) is 1. The highest BCUT2D eigenvalue weighted by Crippen LogP contribution is 2.15. The predicted molar refractivity (Wildman–Crippen MR) is 115 cm³/mol. The van der Waals surface area contributed by atoms with Crippen LogP contribution in [0.5, 0.6) is 5.75 Å². The molecule has 142 valence electrons. The zero-order valence-electron chi connectivity index (χ0n) is 17.0. The van der Waals surface area contributed by atoms with Crippen LogP contribution in [0.15, 0.2) is 66.7 Å². The first-order valence-corrected chi connectivity index (χ1v) is 9.54. The number of hydrogen-bond acceptors (Lipinski definition) is 2. The van der Waals surface area contributed by atoms with E-state index in [0.717, 1.165) is 25.3 Å². The average molecular weight is 362 g/mol. The molecule has 0 unspecified atom stereocenters. The number of hydrogen-bond donors (Lipinski definition) is 0. The third kappa shape index (κ3) is 9.13. The first-order valence-electron chi connectivity index (χ1n) is 9.54. The molecule has 0 saturated carbocycles. The first-order chi connectivity index (χ1) is 12.9. The molecular weight excluding hydrogens is 330 g/mol. The second-order valence-corrected chi connectivity index (χ2v) is 7.85. The minimum Gasteiger partial charge on any atom is -0.493 e. The van der Waals surface area contributed by atoms with Gasteiger partial charge >= 0.3 is 0 Å². The Morgan fingerprint density at radius 3 is 2.48 bits per heavy atom. The van der Waals surface area contributed by atoms with Gasteiger partial charge in [0.25, 0.3) is 0 Å². The van der Waals surface area contributed by atoms with Crippen molar-refractivity contribution in [2.45, 2.75) is 33.7 Å². The van der Waals surface area contributed by atoms with Crippen LogP contribution in [-0.4, -0.2) is 25.1 Å². The van der Waals surface area contributed by atoms with E-state index in [1.807, 2.05) is 18.2 Å². The van der Waals surface area contributed by atoms with Crippen LogP contribution in [0.25, 0.3) is 0 Å². The van der Waals surface area contributed by atoms with Crippen LogP contribution < -0.4 is 4.74 Å². The van der Waals surface area contributed by atoms with Gasteiger partial charge in [0.05, 0.1) is 6.61 Å². The molecule has 27 heavy (non-hydrogen) atoms. The normalized spacial score (nSPS) is 11.4. The summed E-state index contributed by atoms with van der Waals surface area (Å²) in [6.45, 7) is 8.81. The fraction of sp³-hybridized carbons (Fsp3) is 0.360. The van der Waals surface area contributed by atoms with E-state index in [0.29, 0.717) is 6.61 Å². The van der Waals surface area contributed by atoms with Gasteiger partial charge in [-0.1, -0.05) is 60.4 Å². The molecule has 0 bridgehead atoms. The van der Waals surface area contributed by atoms with Crippen LogP contribution in [0.1, 0.15) is 31.9 Å². The number of ether oxygens (including phenoxy) is 1. The van der Waals surface area contributed by atoms with Crippen LogP contribution in [0.4, 0.5) is 0 Å². The lowest BCUT2D eigenvalue weighted by molar-refractivity contribution is 0.319. The molecule has 2 aromatic rings. The lowest BCUT2D eigenvalue weighted by atomic mass is 9.98. The van der Waals surface area contributed by atoms with Crippen LogP contribution in [-0.2, 0) is 13.0 Å². The van der Waals surface area contributed by atoms with Gasteiger partial charge in [0.15, 0.2) is 0 Å². The van der Waals surface area contributed by atoms with Crippen LogP contribution in [0.2, 0.25) is 0 Å². The van der Waals surface area contributed by atoms with Gasteiger partial charge < -0.3 is 4.74 Å². The summed E-state index contributed by atoms with van der Waals surface area (Å²) in [6.07, 6.45) is 4.98. The van der Waals surface area contributed by atoms with Gasteiger partial charge in [0, 0.05) is 24.9 Å². The highest BCUT2D eigenvalue weighted by atomic mass is 16.5. The summed E-state index contributed by atoms with van der Waals surface area (Å²) >= 11 is 0. The molecule has 0 aliphatic rings. The Morgan fingerprint density at radius 2 is 1.74 bits per heavy atom. The minimum atomic E-state index is 0.0528. The van der Waals surface area contributed by atoms with Gasteiger partial charge in [-0.2, -0.15) is 0 Å². The second kappa shape index (κ2) is 10.6. The van der Waals surface area contributed by atoms with Gasteiger partial charge in [-0.3, -0.25) is 4.90 Å². The molecule has 0 aliphatic heterocycles. The fourth-order valence-corrected chi connectivity index (χ4v) is 2.59. The molecule has 0 N–H and O–H groups in total. The predicted octanol–water partition coefficient (Wildman–Crippen LogP) is 5.35. The molecule has 0 atom stereocenters. The zero-order chi connectivity index (χ0) is 19.5. The van der Waals surface area contributed by atoms with E-state index in [2.05, 4.69) is 93.1 Å². The maximum absolute atomic E-state index is 5.93. The van der Waals surface area contributed by atoms with Gasteiger partial charge in [0.2, 0.25) is 0 Å². The Bertz CT molecular complexity index is 775. The summed E-state index contributed by atoms with van der Waals surface area (Å²) in [4.78, 5) is 2.26. The highest BCUT2D eigenvalue weighted by molar-refractivity contribution is 5.28. The van der Waals surface area contributed by atoms with E-state index in [9.17, 15) is 0 Å². The Labute approximate surface area is 164 Å². The fourth-order valence-electron chi connectivity index (χ4n) is 2.59. The molecule has 0 radical (unpaired) electrons. The van der Waals surface area contributed by atoms with Crippen molar-refractivity contribution in [2.75, 3.05) is 20.2 Å². The lowest BCUT2D eigenvalue weighted by Gasteiger charge is -2.15. The zero-order valence-corrected chi connectivity index (χ0v) is 17.0. The molecule has 0 fully saturated rings. The van der Waals surface area contributed by atoms with Crippen molar-refractivity contribution in [3.8, 4) is 17.6 Å². The van der Waals surface area contributed by atoms with E-state index in [1.54, 1.807) is 0 Å². The molecular formula is C25H31NO. The van der Waals surface area contributed by atoms with Crippen LogP contribution in [0.3, 0.4) is 0 Å². The van der Waals surface area contributed by atoms with Crippen molar-refractivity contribution < 1.29 is 4.74 Å². The molecule has 0 saturated heterocycles. The Balaban J connectivity index is 1.78. The Kier molecular flexibility index (Phi) is 8.17. The van der Waals surface area contributed by atoms with Crippen molar-refractivity contribution >= 4 is 0 Å². The summed E-state index contributed by atoms with van der Waals surface area (Å²) in [5.41, 5.74) is 2.61. The number of rotatable bonds is 8. The van der Waals surface area contributed by atoms with E-state index in [-0.39, 0.29) is 5.41 Å². The van der Waals surface area contributed by atoms with Gasteiger partial charge in [-0.05, 0) is 57.2 Å². The van der Waals surface area contributed by atoms with Crippen molar-refractivity contribution in [3.63, 3.8) is 0 Å². The largest absolute Gasteiger partial charge is 0.493 e. The molecule has 2 aromatic carbocycles. The van der Waals surface area contributed by atoms with E-state index < -0.39 is 0 Å². The molecule has 2 heteroatoms. The minimum absolute atomic E-state index is 0.0528. The summed E-state index contributed by atoms with van der Waals surface area (Å²) in [7, 11) is 2.12. The maximum atomic E-state index is 5.93. The molecule has 0 spiro atoms. The first kappa shape index (κ1) is 20.8. The summed E-state index contributed by atoms with van der Waals surface area (Å²) in [6, 6.07) is 18.8. The van der Waals surface area contributed by atoms with Gasteiger partial charge in [0.1, 0.15) is 5.75 Å². The Morgan fingerprint density at radius 1 is 1.00 bits per heavy atom. The number of benzene rings is 2. The number of likely N-dealkylation sites (N-methyl/N-ethyl adjacent to an activating group) is 1. The van der Waals surface area contributed by atoms with E-state index in [1.165, 1.54) is 11.1 Å². The maximum Gasteiger partial charge on any atom is 0.119 e. The average Bonchev–Trinajstić information content (AvgIpc) is 2.62. The van der Waals surface area contributed by atoms with Gasteiger partial charge in [-0.25, -0.2) is 0 Å². The van der Waals surface area contributed by atoms with Crippen molar-refractivity contribution in [2.24, 2.45) is 5.41 Å². The molecule has 2 rings (SSSR count). The monoisotopic (exact) mass is 361 g/mol. The molecule has 0 amide bonds. The second-order valence-electron chi connectivity index (χ2n) is 7.85. The summed E-state index contributed by atoms with van der Waals surface area (Å²) in [5, 5.41) is 0. The smallest absolute Gasteiger partial charge is 0.119 e. The van der Waals surface area contributed by atoms with E-state index in [4.69, 9.17) is 4.74 Å². The third-order valence-corrected chi connectivity index (χ3v) is 3.92. The van der Waals surface area contributed by atoms with Crippen LogP contribution in [0, 0.1) is 17.3 Å². The standard InChI is InChI=1S/C25H31NO/c1-25(2,3)17-9-6-10-18-26(4)21-23-14-11-15-24(20-23)27-19-16-22-12-7-5-8-13-22/h5-8,10-15,20H,16,18-19,21H2,1-4H3/b10-6+. The van der Waals surface area contributed by atoms with Gasteiger partial charge in [-0.15, -0.1) is 0 Å². The van der Waals surface area contributed by atoms with Crippen molar-refractivity contribution in [3.05, 3.63) is 77.9 Å². The van der Waals surface area contributed by atoms with Crippen LogP contribution >= 0.6 is 0 Å². The summed E-state index contributed by atoms with van der Waals surface area (Å²) < 4.78 is 5.93. The summed E-state index contributed by atoms with van der Waals surface area (Å²) in [5.74, 6) is 7.26. The molecule has 0 aromatic heterocycles. The quantitative estimate of drug-likeness (QED) is 0.588. The third-order valence-electron chi connectivity index (χ3n) is 3.92. The molecule has 2 nitrogen and oxygen atoms in total. The SMILES string of the molecule is CN(C/C=C/C#CC(C)(C)C)Cc1cccc(OCCc2ccccc2)c1. The van der Waals surface area contributed by atoms with Crippen molar-refractivity contribution in [1.82, 2.24) is 4.90 Å². The molecule has 0 heterocycles. The number of allylic oxidation sites excluding steroid dienone is 1. The lowest BCUT2D eigenvalue weighted by Crippen LogP contribution is -2.17. The van der Waals surface area contributed by atoms with Crippen molar-refractivity contribution in [1.29, 1.82) is 0 Å².